The van der Waals surface area contributed by atoms with E-state index in [1.54, 1.807) is 11.1 Å². The highest BCUT2D eigenvalue weighted by atomic mass is 15.1. The van der Waals surface area contributed by atoms with Gasteiger partial charge in [-0.3, -0.25) is 0 Å². The van der Waals surface area contributed by atoms with Gasteiger partial charge in [-0.1, -0.05) is 56.2 Å². The van der Waals surface area contributed by atoms with Gasteiger partial charge in [-0.05, 0) is 50.5 Å². The maximum atomic E-state index is 2.50. The minimum atomic E-state index is 0.628. The number of nitrogens with zero attached hydrogens (tertiary/aromatic N) is 1. The van der Waals surface area contributed by atoms with Gasteiger partial charge in [0.05, 0.1) is 0 Å². The van der Waals surface area contributed by atoms with E-state index >= 15 is 0 Å². The average molecular weight is 273 g/mol. The Morgan fingerprint density at radius 2 is 2.10 bits per heavy atom. The molecular formula is C19H31N. The Labute approximate surface area is 125 Å². The number of hydrogen-bond donors (Lipinski definition) is 0. The summed E-state index contributed by atoms with van der Waals surface area (Å²) in [5.74, 6) is 2.25. The van der Waals surface area contributed by atoms with E-state index in [0.29, 0.717) is 5.92 Å². The van der Waals surface area contributed by atoms with E-state index in [0.717, 1.165) is 24.7 Å². The third-order valence-electron chi connectivity index (χ3n) is 4.92. The molecule has 0 amide bonds. The first-order valence-electron chi connectivity index (χ1n) is 8.36. The van der Waals surface area contributed by atoms with Gasteiger partial charge in [-0.15, -0.1) is 0 Å². The van der Waals surface area contributed by atoms with Crippen LogP contribution in [0.1, 0.15) is 46.5 Å². The Balaban J connectivity index is 2.02. The van der Waals surface area contributed by atoms with Gasteiger partial charge in [0.1, 0.15) is 0 Å². The number of rotatable bonds is 5. The fourth-order valence-electron chi connectivity index (χ4n) is 4.03. The molecule has 0 radical (unpaired) electrons. The summed E-state index contributed by atoms with van der Waals surface area (Å²) in [5, 5.41) is 0. The lowest BCUT2D eigenvalue weighted by Gasteiger charge is -2.30. The molecule has 3 unspecified atom stereocenters. The molecule has 20 heavy (non-hydrogen) atoms. The molecule has 0 spiro atoms. The summed E-state index contributed by atoms with van der Waals surface area (Å²) in [7, 11) is 2.27. The molecule has 1 aliphatic heterocycles. The van der Waals surface area contributed by atoms with E-state index in [-0.39, 0.29) is 0 Å². The molecule has 0 aromatic carbocycles. The lowest BCUT2D eigenvalue weighted by atomic mass is 9.88. The van der Waals surface area contributed by atoms with Gasteiger partial charge >= 0.3 is 0 Å². The summed E-state index contributed by atoms with van der Waals surface area (Å²) in [6, 6.07) is 0. The van der Waals surface area contributed by atoms with E-state index in [4.69, 9.17) is 0 Å². The van der Waals surface area contributed by atoms with Crippen molar-refractivity contribution < 1.29 is 0 Å². The molecule has 112 valence electrons. The molecule has 0 bridgehead atoms. The fraction of sp³-hybridized carbons (Fsp3) is 0.684. The van der Waals surface area contributed by atoms with Crippen LogP contribution < -0.4 is 0 Å². The number of piperidine rings is 1. The maximum Gasteiger partial charge on any atom is 0.00444 e. The van der Waals surface area contributed by atoms with Crippen molar-refractivity contribution in [3.63, 3.8) is 0 Å². The van der Waals surface area contributed by atoms with E-state index in [9.17, 15) is 0 Å². The van der Waals surface area contributed by atoms with Crippen molar-refractivity contribution in [2.75, 3.05) is 20.1 Å². The molecule has 1 heteroatoms. The molecule has 0 aromatic heterocycles. The highest BCUT2D eigenvalue weighted by Crippen LogP contribution is 2.44. The predicted octanol–water partition coefficient (Wildman–Crippen LogP) is 4.82. The Morgan fingerprint density at radius 1 is 1.30 bits per heavy atom. The van der Waals surface area contributed by atoms with Crippen molar-refractivity contribution in [1.82, 2.24) is 4.90 Å². The molecule has 0 N–H and O–H groups in total. The van der Waals surface area contributed by atoms with E-state index in [1.807, 2.05) is 0 Å². The molecule has 1 aliphatic carbocycles. The SMILES string of the molecule is CC/C=C\C/C=C\C(C)C1=C2CCN(C)CC2CC1C. The molecule has 2 aliphatic rings. The summed E-state index contributed by atoms with van der Waals surface area (Å²) < 4.78 is 0. The average Bonchev–Trinajstić information content (AvgIpc) is 2.73. The van der Waals surface area contributed by atoms with Gasteiger partial charge in [-0.2, -0.15) is 0 Å². The van der Waals surface area contributed by atoms with Crippen LogP contribution in [0.4, 0.5) is 0 Å². The van der Waals surface area contributed by atoms with Crippen LogP contribution in [0.25, 0.3) is 0 Å². The Kier molecular flexibility index (Phi) is 5.65. The maximum absolute atomic E-state index is 2.50. The Bertz CT molecular complexity index is 402. The topological polar surface area (TPSA) is 3.24 Å². The highest BCUT2D eigenvalue weighted by Gasteiger charge is 2.35. The van der Waals surface area contributed by atoms with Crippen LogP contribution >= 0.6 is 0 Å². The predicted molar refractivity (Wildman–Crippen MR) is 88.8 cm³/mol. The number of allylic oxidation sites excluding steroid dienone is 5. The Morgan fingerprint density at radius 3 is 2.85 bits per heavy atom. The zero-order chi connectivity index (χ0) is 14.5. The van der Waals surface area contributed by atoms with Crippen LogP contribution in [0.15, 0.2) is 35.5 Å². The summed E-state index contributed by atoms with van der Waals surface area (Å²) in [4.78, 5) is 2.50. The van der Waals surface area contributed by atoms with Crippen LogP contribution in [0.2, 0.25) is 0 Å². The molecule has 0 aromatic rings. The molecule has 0 saturated carbocycles. The monoisotopic (exact) mass is 273 g/mol. The Hall–Kier alpha value is -0.820. The molecule has 1 nitrogen and oxygen atoms in total. The first-order valence-corrected chi connectivity index (χ1v) is 8.36. The van der Waals surface area contributed by atoms with Gasteiger partial charge in [0.15, 0.2) is 0 Å². The van der Waals surface area contributed by atoms with E-state index < -0.39 is 0 Å². The molecule has 1 saturated heterocycles. The van der Waals surface area contributed by atoms with Crippen molar-refractivity contribution >= 4 is 0 Å². The van der Waals surface area contributed by atoms with Crippen molar-refractivity contribution in [3.8, 4) is 0 Å². The zero-order valence-corrected chi connectivity index (χ0v) is 13.7. The first kappa shape index (κ1) is 15.6. The summed E-state index contributed by atoms with van der Waals surface area (Å²) in [6.07, 6.45) is 14.2. The molecule has 3 atom stereocenters. The van der Waals surface area contributed by atoms with Crippen molar-refractivity contribution in [3.05, 3.63) is 35.5 Å². The summed E-state index contributed by atoms with van der Waals surface area (Å²) in [5.41, 5.74) is 3.57. The minimum Gasteiger partial charge on any atom is -0.305 e. The molecule has 1 fully saturated rings. The van der Waals surface area contributed by atoms with Gasteiger partial charge in [0.2, 0.25) is 0 Å². The first-order chi connectivity index (χ1) is 9.63. The van der Waals surface area contributed by atoms with Crippen LogP contribution in [0, 0.1) is 17.8 Å². The smallest absolute Gasteiger partial charge is 0.00444 e. The fourth-order valence-corrected chi connectivity index (χ4v) is 4.03. The van der Waals surface area contributed by atoms with Gasteiger partial charge < -0.3 is 4.90 Å². The summed E-state index contributed by atoms with van der Waals surface area (Å²) in [6.45, 7) is 9.54. The second kappa shape index (κ2) is 7.26. The van der Waals surface area contributed by atoms with Crippen molar-refractivity contribution in [1.29, 1.82) is 0 Å². The molecule has 1 heterocycles. The van der Waals surface area contributed by atoms with Crippen molar-refractivity contribution in [2.24, 2.45) is 17.8 Å². The second-order valence-corrected chi connectivity index (χ2v) is 6.66. The molecular weight excluding hydrogens is 242 g/mol. The largest absolute Gasteiger partial charge is 0.305 e. The third kappa shape index (κ3) is 3.63. The van der Waals surface area contributed by atoms with Gasteiger partial charge in [0, 0.05) is 13.1 Å². The van der Waals surface area contributed by atoms with E-state index in [2.05, 4.69) is 57.0 Å². The second-order valence-electron chi connectivity index (χ2n) is 6.66. The number of likely N-dealkylation sites (tertiary alicyclic amines) is 1. The normalized spacial score (nSPS) is 29.6. The number of hydrogen-bond acceptors (Lipinski definition) is 1. The van der Waals surface area contributed by atoms with Crippen LogP contribution in [-0.2, 0) is 0 Å². The van der Waals surface area contributed by atoms with Crippen LogP contribution in [0.3, 0.4) is 0 Å². The van der Waals surface area contributed by atoms with Gasteiger partial charge in [0.25, 0.3) is 0 Å². The lowest BCUT2D eigenvalue weighted by Crippen LogP contribution is -2.32. The van der Waals surface area contributed by atoms with Crippen LogP contribution in [0.5, 0.6) is 0 Å². The third-order valence-corrected chi connectivity index (χ3v) is 4.92. The number of fused-ring (bicyclic) bond motifs is 1. The lowest BCUT2D eigenvalue weighted by molar-refractivity contribution is 0.254. The zero-order valence-electron chi connectivity index (χ0n) is 13.7. The van der Waals surface area contributed by atoms with E-state index in [1.165, 1.54) is 25.9 Å². The van der Waals surface area contributed by atoms with Gasteiger partial charge in [-0.25, -0.2) is 0 Å². The minimum absolute atomic E-state index is 0.628. The van der Waals surface area contributed by atoms with Crippen LogP contribution in [-0.4, -0.2) is 25.0 Å². The quantitative estimate of drug-likeness (QED) is 0.649. The summed E-state index contributed by atoms with van der Waals surface area (Å²) >= 11 is 0. The standard InChI is InChI=1S/C19H31N/c1-5-6-7-8-9-10-15(2)19-16(3)13-17-14-20(4)12-11-18(17)19/h6-7,9-10,15-17H,5,8,11-14H2,1-4H3/b7-6-,10-9-. The van der Waals surface area contributed by atoms with Crippen molar-refractivity contribution in [2.45, 2.75) is 46.5 Å². The highest BCUT2D eigenvalue weighted by molar-refractivity contribution is 5.31. The molecule has 2 rings (SSSR count).